The van der Waals surface area contributed by atoms with Crippen LogP contribution in [-0.4, -0.2) is 11.8 Å². The molecule has 2 heteroatoms. The van der Waals surface area contributed by atoms with Crippen molar-refractivity contribution in [1.82, 2.24) is 5.48 Å². The summed E-state index contributed by atoms with van der Waals surface area (Å²) in [5.74, 6) is 2.54. The van der Waals surface area contributed by atoms with Crippen LogP contribution in [0, 0.1) is 23.2 Å². The highest BCUT2D eigenvalue weighted by Gasteiger charge is 2.53. The third-order valence-electron chi connectivity index (χ3n) is 4.35. The minimum atomic E-state index is 0.555. The predicted octanol–water partition coefficient (Wildman–Crippen LogP) is 2.04. The predicted molar refractivity (Wildman–Crippen MR) is 47.9 cm³/mol. The van der Waals surface area contributed by atoms with Crippen molar-refractivity contribution in [3.05, 3.63) is 0 Å². The van der Waals surface area contributed by atoms with Crippen LogP contribution >= 0.6 is 0 Å². The number of nitrogens with one attached hydrogen (secondary N) is 1. The summed E-state index contributed by atoms with van der Waals surface area (Å²) in [7, 11) is 0. The molecule has 12 heavy (non-hydrogen) atoms. The lowest BCUT2D eigenvalue weighted by atomic mass is 9.45. The quantitative estimate of drug-likeness (QED) is 0.620. The zero-order valence-electron chi connectivity index (χ0n) is 8.01. The molecule has 0 amide bonds. The molecule has 3 unspecified atom stereocenters. The molecule has 0 radical (unpaired) electrons. The van der Waals surface area contributed by atoms with Crippen LogP contribution in [0.3, 0.4) is 0 Å². The lowest BCUT2D eigenvalue weighted by Crippen LogP contribution is -2.54. The second-order valence-electron chi connectivity index (χ2n) is 5.06. The minimum Gasteiger partial charge on any atom is -0.317 e. The maximum atomic E-state index is 8.67. The van der Waals surface area contributed by atoms with E-state index in [1.165, 1.54) is 19.3 Å². The van der Waals surface area contributed by atoms with Crippen molar-refractivity contribution >= 4 is 0 Å². The van der Waals surface area contributed by atoms with Gasteiger partial charge in [0.15, 0.2) is 0 Å². The van der Waals surface area contributed by atoms with E-state index in [9.17, 15) is 0 Å². The summed E-state index contributed by atoms with van der Waals surface area (Å²) in [6.45, 7) is 5.56. The largest absolute Gasteiger partial charge is 0.317 e. The lowest BCUT2D eigenvalue weighted by molar-refractivity contribution is -0.109. The number of fused-ring (bicyclic) bond motifs is 2. The van der Waals surface area contributed by atoms with Crippen molar-refractivity contribution in [3.63, 3.8) is 0 Å². The number of hydroxylamine groups is 1. The molecule has 3 fully saturated rings. The molecule has 2 nitrogen and oxygen atoms in total. The van der Waals surface area contributed by atoms with Gasteiger partial charge < -0.3 is 5.21 Å². The van der Waals surface area contributed by atoms with E-state index in [2.05, 4.69) is 19.3 Å². The fraction of sp³-hybridized carbons (Fsp3) is 1.00. The first-order valence-electron chi connectivity index (χ1n) is 5.03. The molecule has 70 valence electrons. The van der Waals surface area contributed by atoms with Gasteiger partial charge >= 0.3 is 0 Å². The standard InChI is InChI=1S/C10H19NO/c1-10(2)8-4-3-7(6-11-12)9(10)5-8/h7-9,11-12H,3-6H2,1-2H3. The molecular formula is C10H19NO. The fourth-order valence-electron chi connectivity index (χ4n) is 3.32. The molecule has 3 rings (SSSR count). The Morgan fingerprint density at radius 2 is 2.17 bits per heavy atom. The molecule has 0 spiro atoms. The summed E-state index contributed by atoms with van der Waals surface area (Å²) in [4.78, 5) is 0. The van der Waals surface area contributed by atoms with Gasteiger partial charge in [0.2, 0.25) is 0 Å². The Morgan fingerprint density at radius 1 is 1.42 bits per heavy atom. The van der Waals surface area contributed by atoms with Crippen LogP contribution in [0.15, 0.2) is 0 Å². The third-order valence-corrected chi connectivity index (χ3v) is 4.35. The molecule has 0 saturated heterocycles. The van der Waals surface area contributed by atoms with Gasteiger partial charge in [-0.15, -0.1) is 0 Å². The Bertz CT molecular complexity index is 175. The summed E-state index contributed by atoms with van der Waals surface area (Å²) in [6, 6.07) is 0. The summed E-state index contributed by atoms with van der Waals surface area (Å²) < 4.78 is 0. The van der Waals surface area contributed by atoms with E-state index >= 15 is 0 Å². The van der Waals surface area contributed by atoms with Crippen molar-refractivity contribution in [3.8, 4) is 0 Å². The Morgan fingerprint density at radius 3 is 2.67 bits per heavy atom. The van der Waals surface area contributed by atoms with Crippen molar-refractivity contribution in [1.29, 1.82) is 0 Å². The number of hydrogen-bond acceptors (Lipinski definition) is 2. The van der Waals surface area contributed by atoms with E-state index < -0.39 is 0 Å². The van der Waals surface area contributed by atoms with Gasteiger partial charge in [-0.2, -0.15) is 0 Å². The summed E-state index contributed by atoms with van der Waals surface area (Å²) in [5, 5.41) is 8.67. The first-order valence-corrected chi connectivity index (χ1v) is 5.03. The van der Waals surface area contributed by atoms with E-state index in [0.29, 0.717) is 5.41 Å². The monoisotopic (exact) mass is 169 g/mol. The van der Waals surface area contributed by atoms with Crippen molar-refractivity contribution in [2.75, 3.05) is 6.54 Å². The molecule has 0 aromatic carbocycles. The van der Waals surface area contributed by atoms with Crippen molar-refractivity contribution < 1.29 is 5.21 Å². The van der Waals surface area contributed by atoms with Gasteiger partial charge in [-0.05, 0) is 42.4 Å². The van der Waals surface area contributed by atoms with Gasteiger partial charge in [0.1, 0.15) is 0 Å². The lowest BCUT2D eigenvalue weighted by Gasteiger charge is -2.60. The zero-order valence-corrected chi connectivity index (χ0v) is 8.01. The second-order valence-corrected chi connectivity index (χ2v) is 5.06. The van der Waals surface area contributed by atoms with Crippen LogP contribution in [0.5, 0.6) is 0 Å². The highest BCUT2D eigenvalue weighted by molar-refractivity contribution is 5.03. The van der Waals surface area contributed by atoms with Gasteiger partial charge in [-0.1, -0.05) is 13.8 Å². The number of rotatable bonds is 2. The molecule has 0 aromatic rings. The van der Waals surface area contributed by atoms with E-state index in [-0.39, 0.29) is 0 Å². The molecule has 2 N–H and O–H groups in total. The molecule has 3 aliphatic carbocycles. The summed E-state index contributed by atoms with van der Waals surface area (Å²) in [5.41, 5.74) is 2.89. The third kappa shape index (κ3) is 1.01. The SMILES string of the molecule is CC1(C)C2CCC(CNO)C1C2. The van der Waals surface area contributed by atoms with Gasteiger partial charge in [0.05, 0.1) is 0 Å². The van der Waals surface area contributed by atoms with Crippen LogP contribution in [-0.2, 0) is 0 Å². The molecule has 2 bridgehead atoms. The molecule has 0 heterocycles. The van der Waals surface area contributed by atoms with Gasteiger partial charge in [-0.3, -0.25) is 0 Å². The van der Waals surface area contributed by atoms with Crippen LogP contribution < -0.4 is 5.48 Å². The average molecular weight is 169 g/mol. The second kappa shape index (κ2) is 2.71. The first kappa shape index (κ1) is 8.52. The maximum absolute atomic E-state index is 8.67. The molecule has 3 atom stereocenters. The normalized spacial score (nSPS) is 43.8. The highest BCUT2D eigenvalue weighted by atomic mass is 16.5. The molecular weight excluding hydrogens is 150 g/mol. The Balaban J connectivity index is 2.01. The van der Waals surface area contributed by atoms with E-state index in [1.54, 1.807) is 0 Å². The van der Waals surface area contributed by atoms with E-state index in [1.807, 2.05) is 0 Å². The average Bonchev–Trinajstić information content (AvgIpc) is 2.05. The fourth-order valence-corrected chi connectivity index (χ4v) is 3.32. The van der Waals surface area contributed by atoms with Crippen LogP contribution in [0.25, 0.3) is 0 Å². The van der Waals surface area contributed by atoms with Crippen LogP contribution in [0.2, 0.25) is 0 Å². The van der Waals surface area contributed by atoms with Crippen LogP contribution in [0.4, 0.5) is 0 Å². The Kier molecular flexibility index (Phi) is 1.92. The summed E-state index contributed by atoms with van der Waals surface area (Å²) in [6.07, 6.45) is 4.08. The van der Waals surface area contributed by atoms with Crippen LogP contribution in [0.1, 0.15) is 33.1 Å². The zero-order chi connectivity index (χ0) is 8.77. The molecule has 3 aliphatic rings. The topological polar surface area (TPSA) is 32.3 Å². The number of hydrogen-bond donors (Lipinski definition) is 2. The van der Waals surface area contributed by atoms with Gasteiger partial charge in [0.25, 0.3) is 0 Å². The van der Waals surface area contributed by atoms with Gasteiger partial charge in [0, 0.05) is 6.54 Å². The Hall–Kier alpha value is -0.0800. The van der Waals surface area contributed by atoms with E-state index in [4.69, 9.17) is 5.21 Å². The molecule has 0 aliphatic heterocycles. The smallest absolute Gasteiger partial charge is 0.0238 e. The first-order chi connectivity index (χ1) is 5.66. The van der Waals surface area contributed by atoms with Crippen molar-refractivity contribution in [2.24, 2.45) is 23.2 Å². The minimum absolute atomic E-state index is 0.555. The summed E-state index contributed by atoms with van der Waals surface area (Å²) >= 11 is 0. The molecule has 3 saturated carbocycles. The van der Waals surface area contributed by atoms with Crippen molar-refractivity contribution in [2.45, 2.75) is 33.1 Å². The van der Waals surface area contributed by atoms with E-state index in [0.717, 1.165) is 24.3 Å². The highest BCUT2D eigenvalue weighted by Crippen LogP contribution is 2.61. The maximum Gasteiger partial charge on any atom is 0.0238 e. The van der Waals surface area contributed by atoms with Gasteiger partial charge in [-0.25, -0.2) is 5.48 Å². The molecule has 0 aromatic heterocycles. The Labute approximate surface area is 74.3 Å².